The second-order valence-electron chi connectivity index (χ2n) is 9.26. The molecule has 0 saturated carbocycles. The van der Waals surface area contributed by atoms with Gasteiger partial charge in [0.2, 0.25) is 21.8 Å². The van der Waals surface area contributed by atoms with E-state index in [4.69, 9.17) is 14.0 Å². The number of carbonyl (C=O) groups excluding carboxylic acids is 1. The van der Waals surface area contributed by atoms with Crippen LogP contribution in [0.3, 0.4) is 0 Å². The van der Waals surface area contributed by atoms with Gasteiger partial charge in [0.25, 0.3) is 0 Å². The van der Waals surface area contributed by atoms with Crippen molar-refractivity contribution < 1.29 is 27.2 Å². The Bertz CT molecular complexity index is 1330. The molecule has 0 spiro atoms. The molecule has 0 atom stereocenters. The van der Waals surface area contributed by atoms with Gasteiger partial charge >= 0.3 is 0 Å². The lowest BCUT2D eigenvalue weighted by molar-refractivity contribution is -0.120. The number of rotatable bonds is 9. The van der Waals surface area contributed by atoms with Crippen LogP contribution in [0.1, 0.15) is 49.9 Å². The van der Waals surface area contributed by atoms with Crippen LogP contribution in [0, 0.1) is 5.92 Å². The molecule has 0 aliphatic carbocycles. The van der Waals surface area contributed by atoms with Crippen molar-refractivity contribution in [3.8, 4) is 11.5 Å². The van der Waals surface area contributed by atoms with E-state index in [0.29, 0.717) is 48.2 Å². The number of carbonyl (C=O) groups is 1. The maximum Gasteiger partial charge on any atom is 0.243 e. The van der Waals surface area contributed by atoms with Crippen molar-refractivity contribution in [1.29, 1.82) is 0 Å². The molecule has 4 rings (SSSR count). The highest BCUT2D eigenvalue weighted by molar-refractivity contribution is 7.89. The summed E-state index contributed by atoms with van der Waals surface area (Å²) >= 11 is 0. The third kappa shape index (κ3) is 6.11. The van der Waals surface area contributed by atoms with Crippen molar-refractivity contribution in [2.45, 2.75) is 43.9 Å². The summed E-state index contributed by atoms with van der Waals surface area (Å²) in [4.78, 5) is 17.4. The normalized spacial score (nSPS) is 15.1. The summed E-state index contributed by atoms with van der Waals surface area (Å²) < 4.78 is 43.4. The zero-order valence-electron chi connectivity index (χ0n) is 21.4. The fraction of sp³-hybridized carbons (Fsp3) is 0.423. The standard InChI is InChI=1S/C26H32N4O6S/c1-17(2)26-28-24(29-36-26)15-18-5-7-20(8-6-18)27-25(31)19-11-13-30(14-12-19)37(32,33)21-9-10-22(34-3)23(16-21)35-4/h5-10,16-17,19H,11-15H2,1-4H3,(H,27,31). The number of piperidine rings is 1. The number of methoxy groups -OCH3 is 2. The number of hydrogen-bond donors (Lipinski definition) is 1. The van der Waals surface area contributed by atoms with E-state index >= 15 is 0 Å². The van der Waals surface area contributed by atoms with Crippen molar-refractivity contribution in [2.75, 3.05) is 32.6 Å². The number of benzene rings is 2. The lowest BCUT2D eigenvalue weighted by Crippen LogP contribution is -2.41. The molecule has 0 bridgehead atoms. The molecule has 1 aliphatic rings. The highest BCUT2D eigenvalue weighted by Crippen LogP contribution is 2.32. The van der Waals surface area contributed by atoms with E-state index in [-0.39, 0.29) is 35.7 Å². The van der Waals surface area contributed by atoms with Crippen molar-refractivity contribution in [2.24, 2.45) is 5.92 Å². The van der Waals surface area contributed by atoms with Crippen LogP contribution in [0.5, 0.6) is 11.5 Å². The molecule has 2 heterocycles. The topological polar surface area (TPSA) is 124 Å². The van der Waals surface area contributed by atoms with Crippen LogP contribution >= 0.6 is 0 Å². The smallest absolute Gasteiger partial charge is 0.243 e. The van der Waals surface area contributed by atoms with E-state index < -0.39 is 10.0 Å². The number of anilines is 1. The number of nitrogens with one attached hydrogen (secondary N) is 1. The van der Waals surface area contributed by atoms with Gasteiger partial charge in [0, 0.05) is 43.1 Å². The summed E-state index contributed by atoms with van der Waals surface area (Å²) in [5, 5.41) is 6.96. The summed E-state index contributed by atoms with van der Waals surface area (Å²) in [5.74, 6) is 1.83. The molecule has 1 saturated heterocycles. The first kappa shape index (κ1) is 26.6. The van der Waals surface area contributed by atoms with Gasteiger partial charge in [-0.3, -0.25) is 4.79 Å². The number of hydrogen-bond acceptors (Lipinski definition) is 8. The van der Waals surface area contributed by atoms with Crippen LogP contribution in [0.2, 0.25) is 0 Å². The molecule has 11 heteroatoms. The number of aromatic nitrogens is 2. The van der Waals surface area contributed by atoms with Crippen molar-refractivity contribution in [1.82, 2.24) is 14.4 Å². The van der Waals surface area contributed by atoms with Gasteiger partial charge in [0.05, 0.1) is 19.1 Å². The predicted molar refractivity (Wildman–Crippen MR) is 137 cm³/mol. The third-order valence-electron chi connectivity index (χ3n) is 6.38. The average Bonchev–Trinajstić information content (AvgIpc) is 3.38. The quantitative estimate of drug-likeness (QED) is 0.444. The maximum absolute atomic E-state index is 13.1. The lowest BCUT2D eigenvalue weighted by atomic mass is 9.97. The van der Waals surface area contributed by atoms with Crippen molar-refractivity contribution in [3.63, 3.8) is 0 Å². The van der Waals surface area contributed by atoms with E-state index in [0.717, 1.165) is 5.56 Å². The monoisotopic (exact) mass is 528 g/mol. The SMILES string of the molecule is COc1ccc(S(=O)(=O)N2CCC(C(=O)Nc3ccc(Cc4noc(C(C)C)n4)cc3)CC2)cc1OC. The van der Waals surface area contributed by atoms with E-state index in [1.165, 1.54) is 30.7 Å². The first-order valence-electron chi connectivity index (χ1n) is 12.2. The summed E-state index contributed by atoms with van der Waals surface area (Å²) in [7, 11) is -0.757. The van der Waals surface area contributed by atoms with E-state index in [1.54, 1.807) is 6.07 Å². The fourth-order valence-corrected chi connectivity index (χ4v) is 5.68. The molecule has 37 heavy (non-hydrogen) atoms. The molecule has 3 aromatic rings. The Labute approximate surface area is 217 Å². The van der Waals surface area contributed by atoms with Gasteiger partial charge in [-0.2, -0.15) is 9.29 Å². The van der Waals surface area contributed by atoms with Gasteiger partial charge in [-0.15, -0.1) is 0 Å². The van der Waals surface area contributed by atoms with E-state index in [2.05, 4.69) is 15.5 Å². The molecule has 1 aliphatic heterocycles. The molecule has 10 nitrogen and oxygen atoms in total. The van der Waals surface area contributed by atoms with Crippen LogP contribution in [0.25, 0.3) is 0 Å². The minimum Gasteiger partial charge on any atom is -0.493 e. The zero-order valence-corrected chi connectivity index (χ0v) is 22.2. The van der Waals surface area contributed by atoms with Gasteiger partial charge in [-0.05, 0) is 42.7 Å². The van der Waals surface area contributed by atoms with Gasteiger partial charge in [-0.25, -0.2) is 8.42 Å². The Hall–Kier alpha value is -3.44. The minimum atomic E-state index is -3.71. The van der Waals surface area contributed by atoms with Gasteiger partial charge in [0.15, 0.2) is 17.3 Å². The van der Waals surface area contributed by atoms with Crippen molar-refractivity contribution >= 4 is 21.6 Å². The van der Waals surface area contributed by atoms with Crippen molar-refractivity contribution in [3.05, 3.63) is 59.7 Å². The minimum absolute atomic E-state index is 0.115. The molecule has 1 amide bonds. The highest BCUT2D eigenvalue weighted by Gasteiger charge is 2.32. The summed E-state index contributed by atoms with van der Waals surface area (Å²) in [5.41, 5.74) is 1.69. The molecule has 0 radical (unpaired) electrons. The number of amides is 1. The Morgan fingerprint density at radius 1 is 1.08 bits per heavy atom. The van der Waals surface area contributed by atoms with Crippen LogP contribution in [0.15, 0.2) is 51.9 Å². The molecule has 1 aromatic heterocycles. The fourth-order valence-electron chi connectivity index (χ4n) is 4.19. The maximum atomic E-state index is 13.1. The Morgan fingerprint density at radius 2 is 1.76 bits per heavy atom. The average molecular weight is 529 g/mol. The number of sulfonamides is 1. The van der Waals surface area contributed by atoms with Gasteiger partial charge in [0.1, 0.15) is 0 Å². The van der Waals surface area contributed by atoms with E-state index in [9.17, 15) is 13.2 Å². The molecule has 1 N–H and O–H groups in total. The molecular weight excluding hydrogens is 496 g/mol. The number of ether oxygens (including phenoxy) is 2. The van der Waals surface area contributed by atoms with E-state index in [1.807, 2.05) is 38.1 Å². The molecule has 2 aromatic carbocycles. The zero-order chi connectivity index (χ0) is 26.6. The molecule has 0 unspecified atom stereocenters. The van der Waals surface area contributed by atoms with Crippen LogP contribution in [-0.4, -0.2) is 56.1 Å². The largest absolute Gasteiger partial charge is 0.493 e. The van der Waals surface area contributed by atoms with Crippen LogP contribution in [0.4, 0.5) is 5.69 Å². The first-order chi connectivity index (χ1) is 17.7. The lowest BCUT2D eigenvalue weighted by Gasteiger charge is -2.30. The summed E-state index contributed by atoms with van der Waals surface area (Å²) in [6.07, 6.45) is 1.41. The first-order valence-corrected chi connectivity index (χ1v) is 13.6. The predicted octanol–water partition coefficient (Wildman–Crippen LogP) is 3.84. The summed E-state index contributed by atoms with van der Waals surface area (Å²) in [6, 6.07) is 12.0. The Kier molecular flexibility index (Phi) is 8.13. The number of nitrogens with zero attached hydrogens (tertiary/aromatic N) is 3. The second kappa shape index (κ2) is 11.3. The second-order valence-corrected chi connectivity index (χ2v) is 11.2. The van der Waals surface area contributed by atoms with Gasteiger partial charge in [-0.1, -0.05) is 31.1 Å². The van der Waals surface area contributed by atoms with Crippen LogP contribution in [-0.2, 0) is 21.2 Å². The highest BCUT2D eigenvalue weighted by atomic mass is 32.2. The third-order valence-corrected chi connectivity index (χ3v) is 8.27. The Morgan fingerprint density at radius 3 is 2.35 bits per heavy atom. The molecule has 1 fully saturated rings. The molecule has 198 valence electrons. The summed E-state index contributed by atoms with van der Waals surface area (Å²) in [6.45, 7) is 4.51. The molecular formula is C26H32N4O6S. The van der Waals surface area contributed by atoms with Crippen LogP contribution < -0.4 is 14.8 Å². The van der Waals surface area contributed by atoms with Gasteiger partial charge < -0.3 is 19.3 Å². The Balaban J connectivity index is 1.32.